The number of methoxy groups -OCH3 is 1. The van der Waals surface area contributed by atoms with Crippen LogP contribution in [0.15, 0.2) is 24.3 Å². The van der Waals surface area contributed by atoms with Crippen molar-refractivity contribution in [3.63, 3.8) is 0 Å². The molecule has 0 radical (unpaired) electrons. The molecule has 1 aromatic carbocycles. The van der Waals surface area contributed by atoms with Gasteiger partial charge in [-0.05, 0) is 30.9 Å². The maximum Gasteiger partial charge on any atom is 0.257 e. The van der Waals surface area contributed by atoms with Crippen molar-refractivity contribution in [1.29, 1.82) is 0 Å². The van der Waals surface area contributed by atoms with E-state index in [2.05, 4.69) is 13.8 Å². The third-order valence-electron chi connectivity index (χ3n) is 6.25. The molecule has 0 saturated carbocycles. The van der Waals surface area contributed by atoms with E-state index in [1.807, 2.05) is 18.2 Å². The molecule has 0 aliphatic carbocycles. The largest absolute Gasteiger partial charge is 0.489 e. The summed E-state index contributed by atoms with van der Waals surface area (Å²) in [5.41, 5.74) is 0.544. The summed E-state index contributed by atoms with van der Waals surface area (Å²) in [7, 11) is 1.52. The number of likely N-dealkylation sites (tertiary alicyclic amines) is 2. The first-order chi connectivity index (χ1) is 15.4. The van der Waals surface area contributed by atoms with Crippen LogP contribution in [-0.2, 0) is 14.3 Å². The van der Waals surface area contributed by atoms with Crippen molar-refractivity contribution in [1.82, 2.24) is 9.80 Å². The quantitative estimate of drug-likeness (QED) is 0.616. The van der Waals surface area contributed by atoms with Crippen LogP contribution in [0.1, 0.15) is 56.3 Å². The summed E-state index contributed by atoms with van der Waals surface area (Å²) >= 11 is 0. The summed E-state index contributed by atoms with van der Waals surface area (Å²) in [4.78, 5) is 41.5. The van der Waals surface area contributed by atoms with Gasteiger partial charge in [0.05, 0.1) is 5.56 Å². The molecule has 2 heterocycles. The molecule has 176 valence electrons. The number of amides is 2. The van der Waals surface area contributed by atoms with Crippen LogP contribution < -0.4 is 4.74 Å². The summed E-state index contributed by atoms with van der Waals surface area (Å²) in [6, 6.07) is 7.35. The van der Waals surface area contributed by atoms with Gasteiger partial charge in [-0.15, -0.1) is 0 Å². The van der Waals surface area contributed by atoms with Gasteiger partial charge >= 0.3 is 0 Å². The maximum absolute atomic E-state index is 13.3. The average Bonchev–Trinajstić information content (AvgIpc) is 2.79. The second-order valence-corrected chi connectivity index (χ2v) is 9.28. The minimum atomic E-state index is -0.0737. The van der Waals surface area contributed by atoms with Gasteiger partial charge in [-0.25, -0.2) is 0 Å². The van der Waals surface area contributed by atoms with Crippen LogP contribution in [0.5, 0.6) is 5.75 Å². The van der Waals surface area contributed by atoms with E-state index in [0.717, 1.165) is 12.8 Å². The van der Waals surface area contributed by atoms with Gasteiger partial charge in [-0.2, -0.15) is 0 Å². The fourth-order valence-electron chi connectivity index (χ4n) is 4.53. The fourth-order valence-corrected chi connectivity index (χ4v) is 4.53. The van der Waals surface area contributed by atoms with E-state index in [1.165, 1.54) is 7.11 Å². The van der Waals surface area contributed by atoms with Gasteiger partial charge in [0.15, 0.2) is 0 Å². The van der Waals surface area contributed by atoms with Crippen LogP contribution in [0.2, 0.25) is 0 Å². The predicted molar refractivity (Wildman–Crippen MR) is 122 cm³/mol. The van der Waals surface area contributed by atoms with Gasteiger partial charge in [0.25, 0.3) is 5.91 Å². The molecule has 0 spiro atoms. The molecule has 2 aliphatic rings. The standard InChI is InChI=1S/C25H36N2O5/c1-18(2)15-22(28)19-7-6-12-27(16-19)25(30)21-8-4-5-9-23(21)32-20-10-13-26(14-11-20)24(29)17-31-3/h4-5,8-9,18-20H,6-7,10-17H2,1-3H3/t19-/m0/s1. The first kappa shape index (κ1) is 24.2. The van der Waals surface area contributed by atoms with Gasteiger partial charge < -0.3 is 19.3 Å². The zero-order valence-corrected chi connectivity index (χ0v) is 19.5. The number of Topliss-reactive ketones (excluding diaryl/α,β-unsaturated/α-hetero) is 1. The van der Waals surface area contributed by atoms with Crippen molar-refractivity contribution in [2.24, 2.45) is 11.8 Å². The highest BCUT2D eigenvalue weighted by atomic mass is 16.5. The Morgan fingerprint density at radius 2 is 1.75 bits per heavy atom. The zero-order chi connectivity index (χ0) is 23.1. The molecule has 1 aromatic rings. The lowest BCUT2D eigenvalue weighted by Crippen LogP contribution is -2.44. The van der Waals surface area contributed by atoms with Crippen molar-refractivity contribution in [2.75, 3.05) is 39.9 Å². The molecule has 0 unspecified atom stereocenters. The Morgan fingerprint density at radius 3 is 2.44 bits per heavy atom. The second-order valence-electron chi connectivity index (χ2n) is 9.28. The molecule has 2 saturated heterocycles. The zero-order valence-electron chi connectivity index (χ0n) is 19.5. The first-order valence-corrected chi connectivity index (χ1v) is 11.7. The van der Waals surface area contributed by atoms with Crippen LogP contribution in [0.4, 0.5) is 0 Å². The molecule has 7 heteroatoms. The summed E-state index contributed by atoms with van der Waals surface area (Å²) in [5.74, 6) is 1.02. The number of hydrogen-bond acceptors (Lipinski definition) is 5. The Kier molecular flexibility index (Phi) is 8.67. The van der Waals surface area contributed by atoms with Crippen molar-refractivity contribution in [3.8, 4) is 5.75 Å². The van der Waals surface area contributed by atoms with E-state index in [1.54, 1.807) is 15.9 Å². The number of piperidine rings is 2. The Balaban J connectivity index is 1.62. The topological polar surface area (TPSA) is 76.2 Å². The fraction of sp³-hybridized carbons (Fsp3) is 0.640. The first-order valence-electron chi connectivity index (χ1n) is 11.7. The van der Waals surface area contributed by atoms with Crippen molar-refractivity contribution >= 4 is 17.6 Å². The molecule has 1 atom stereocenters. The molecule has 2 fully saturated rings. The van der Waals surface area contributed by atoms with E-state index in [-0.39, 0.29) is 36.2 Å². The van der Waals surface area contributed by atoms with Gasteiger partial charge in [-0.3, -0.25) is 14.4 Å². The Bertz CT molecular complexity index is 801. The SMILES string of the molecule is COCC(=O)N1CCC(Oc2ccccc2C(=O)N2CCC[C@H](C(=O)CC(C)C)C2)CC1. The van der Waals surface area contributed by atoms with E-state index in [9.17, 15) is 14.4 Å². The normalized spacial score (nSPS) is 19.8. The number of para-hydroxylation sites is 1. The Morgan fingerprint density at radius 1 is 1.03 bits per heavy atom. The number of carbonyl (C=O) groups is 3. The molecule has 3 rings (SSSR count). The molecule has 2 amide bonds. The third kappa shape index (κ3) is 6.31. The van der Waals surface area contributed by atoms with Crippen LogP contribution in [0, 0.1) is 11.8 Å². The number of rotatable bonds is 8. The molecule has 32 heavy (non-hydrogen) atoms. The van der Waals surface area contributed by atoms with Crippen LogP contribution in [-0.4, -0.2) is 73.4 Å². The van der Waals surface area contributed by atoms with Crippen molar-refractivity contribution in [2.45, 2.75) is 52.1 Å². The molecule has 0 N–H and O–H groups in total. The minimum absolute atomic E-state index is 0.00630. The van der Waals surface area contributed by atoms with E-state index >= 15 is 0 Å². The van der Waals surface area contributed by atoms with Crippen molar-refractivity contribution < 1.29 is 23.9 Å². The highest BCUT2D eigenvalue weighted by Gasteiger charge is 2.31. The number of nitrogens with zero attached hydrogens (tertiary/aromatic N) is 2. The predicted octanol–water partition coefficient (Wildman–Crippen LogP) is 3.17. The molecular formula is C25H36N2O5. The van der Waals surface area contributed by atoms with Crippen LogP contribution in [0.25, 0.3) is 0 Å². The molecule has 2 aliphatic heterocycles. The van der Waals surface area contributed by atoms with E-state index in [4.69, 9.17) is 9.47 Å². The lowest BCUT2D eigenvalue weighted by atomic mass is 9.89. The maximum atomic E-state index is 13.3. The number of benzene rings is 1. The van der Waals surface area contributed by atoms with Crippen molar-refractivity contribution in [3.05, 3.63) is 29.8 Å². The van der Waals surface area contributed by atoms with Gasteiger partial charge in [0.2, 0.25) is 5.91 Å². The molecule has 0 bridgehead atoms. The summed E-state index contributed by atoms with van der Waals surface area (Å²) in [5, 5.41) is 0. The van der Waals surface area contributed by atoms with Crippen LogP contribution in [0.3, 0.4) is 0 Å². The minimum Gasteiger partial charge on any atom is -0.489 e. The number of carbonyl (C=O) groups excluding carboxylic acids is 3. The lowest BCUT2D eigenvalue weighted by Gasteiger charge is -2.34. The molecule has 7 nitrogen and oxygen atoms in total. The monoisotopic (exact) mass is 444 g/mol. The third-order valence-corrected chi connectivity index (χ3v) is 6.25. The molecular weight excluding hydrogens is 408 g/mol. The number of ether oxygens (including phenoxy) is 2. The Hall–Kier alpha value is -2.41. The highest BCUT2D eigenvalue weighted by Crippen LogP contribution is 2.27. The van der Waals surface area contributed by atoms with Crippen LogP contribution >= 0.6 is 0 Å². The summed E-state index contributed by atoms with van der Waals surface area (Å²) < 4.78 is 11.2. The Labute approximate surface area is 191 Å². The summed E-state index contributed by atoms with van der Waals surface area (Å²) in [6.45, 7) is 6.59. The van der Waals surface area contributed by atoms with Gasteiger partial charge in [0, 0.05) is 58.5 Å². The highest BCUT2D eigenvalue weighted by molar-refractivity contribution is 5.97. The summed E-state index contributed by atoms with van der Waals surface area (Å²) in [6.07, 6.45) is 3.65. The average molecular weight is 445 g/mol. The van der Waals surface area contributed by atoms with Gasteiger partial charge in [-0.1, -0.05) is 26.0 Å². The van der Waals surface area contributed by atoms with E-state index < -0.39 is 0 Å². The lowest BCUT2D eigenvalue weighted by molar-refractivity contribution is -0.136. The van der Waals surface area contributed by atoms with E-state index in [0.29, 0.717) is 62.7 Å². The number of hydrogen-bond donors (Lipinski definition) is 0. The number of ketones is 1. The smallest absolute Gasteiger partial charge is 0.257 e. The second kappa shape index (κ2) is 11.5. The van der Waals surface area contributed by atoms with Gasteiger partial charge in [0.1, 0.15) is 24.2 Å². The molecule has 0 aromatic heterocycles.